The Balaban J connectivity index is 1.53. The number of anilines is 1. The first-order chi connectivity index (χ1) is 16.4. The van der Waals surface area contributed by atoms with Crippen LogP contribution in [-0.4, -0.2) is 57.6 Å². The number of hydrogen-bond donors (Lipinski definition) is 0. The molecule has 4 heterocycles. The highest BCUT2D eigenvalue weighted by Gasteiger charge is 2.28. The van der Waals surface area contributed by atoms with Gasteiger partial charge in [-0.05, 0) is 41.3 Å². The second-order valence-corrected chi connectivity index (χ2v) is 10.0. The van der Waals surface area contributed by atoms with E-state index in [0.29, 0.717) is 5.92 Å². The summed E-state index contributed by atoms with van der Waals surface area (Å²) in [5.41, 5.74) is 4.90. The number of carbonyl (C=O) groups is 1. The second-order valence-electron chi connectivity index (χ2n) is 9.23. The minimum atomic E-state index is 0.142. The van der Waals surface area contributed by atoms with Crippen LogP contribution in [0.2, 0.25) is 0 Å². The smallest absolute Gasteiger partial charge is 0.219 e. The molecule has 1 atom stereocenters. The topological polar surface area (TPSA) is 66.6 Å². The summed E-state index contributed by atoms with van der Waals surface area (Å²) in [5.74, 6) is 1.71. The van der Waals surface area contributed by atoms with Crippen molar-refractivity contribution >= 4 is 33.3 Å². The van der Waals surface area contributed by atoms with Crippen molar-refractivity contribution < 1.29 is 4.79 Å². The number of carbonyl (C=O) groups excluding carboxylic acids is 1. The van der Waals surface area contributed by atoms with Crippen LogP contribution in [0.1, 0.15) is 49.4 Å². The number of pyridine rings is 1. The molecule has 0 radical (unpaired) electrons. The molecule has 1 amide bonds. The van der Waals surface area contributed by atoms with E-state index >= 15 is 0 Å². The summed E-state index contributed by atoms with van der Waals surface area (Å²) in [4.78, 5) is 25.7. The van der Waals surface area contributed by atoms with Crippen molar-refractivity contribution in [3.8, 4) is 11.1 Å². The van der Waals surface area contributed by atoms with Gasteiger partial charge in [0.15, 0.2) is 5.65 Å². The van der Waals surface area contributed by atoms with Gasteiger partial charge in [0, 0.05) is 69.0 Å². The maximum Gasteiger partial charge on any atom is 0.219 e. The molecular formula is C26H29BrN6O. The molecule has 2 aliphatic rings. The Morgan fingerprint density at radius 2 is 1.94 bits per heavy atom. The lowest BCUT2D eigenvalue weighted by molar-refractivity contribution is -0.129. The lowest BCUT2D eigenvalue weighted by Gasteiger charge is -2.32. The Bertz CT molecular complexity index is 1270. The summed E-state index contributed by atoms with van der Waals surface area (Å²) in [6.45, 7) is 3.17. The van der Waals surface area contributed by atoms with Crippen LogP contribution < -0.4 is 4.90 Å². The molecule has 3 aromatic rings. The summed E-state index contributed by atoms with van der Waals surface area (Å²) in [5, 5.41) is 4.69. The number of nitrogens with zero attached hydrogens (tertiary/aromatic N) is 6. The molecule has 0 saturated carbocycles. The van der Waals surface area contributed by atoms with Crippen LogP contribution in [-0.2, 0) is 4.79 Å². The van der Waals surface area contributed by atoms with E-state index in [2.05, 4.69) is 57.3 Å². The van der Waals surface area contributed by atoms with E-state index in [1.807, 2.05) is 35.9 Å². The van der Waals surface area contributed by atoms with Gasteiger partial charge in [-0.25, -0.2) is 4.98 Å². The van der Waals surface area contributed by atoms with Crippen molar-refractivity contribution in [3.05, 3.63) is 64.7 Å². The van der Waals surface area contributed by atoms with E-state index in [0.717, 1.165) is 70.8 Å². The van der Waals surface area contributed by atoms with Crippen molar-refractivity contribution in [2.75, 3.05) is 32.1 Å². The fraction of sp³-hybridized carbons (Fsp3) is 0.385. The molecule has 176 valence electrons. The van der Waals surface area contributed by atoms with Crippen LogP contribution >= 0.6 is 15.9 Å². The standard InChI is InChI=1S/C26H29BrN6O/c1-17(34)32-13-11-19(12-14-32)24-23(27)26(31(2)3)33-25(30-24)21(16-29-33)20-9-10-22(28-15-20)18-7-5-4-6-8-18/h4-7,9-10,15-16,18-19H,8,11-14H2,1-3H3. The quantitative estimate of drug-likeness (QED) is 0.487. The largest absolute Gasteiger partial charge is 0.362 e. The Kier molecular flexibility index (Phi) is 6.25. The molecule has 34 heavy (non-hydrogen) atoms. The zero-order valence-corrected chi connectivity index (χ0v) is 21.4. The van der Waals surface area contributed by atoms with E-state index in [1.165, 1.54) is 0 Å². The van der Waals surface area contributed by atoms with Gasteiger partial charge in [-0.1, -0.05) is 30.4 Å². The summed E-state index contributed by atoms with van der Waals surface area (Å²) in [6.07, 6.45) is 15.1. The summed E-state index contributed by atoms with van der Waals surface area (Å²) in [7, 11) is 4.04. The third kappa shape index (κ3) is 4.15. The van der Waals surface area contributed by atoms with Crippen molar-refractivity contribution in [3.63, 3.8) is 0 Å². The Morgan fingerprint density at radius 1 is 1.15 bits per heavy atom. The lowest BCUT2D eigenvalue weighted by Crippen LogP contribution is -2.36. The van der Waals surface area contributed by atoms with Gasteiger partial charge < -0.3 is 9.80 Å². The highest BCUT2D eigenvalue weighted by Crippen LogP contribution is 2.39. The maximum absolute atomic E-state index is 11.8. The number of halogens is 1. The first kappa shape index (κ1) is 22.8. The predicted molar refractivity (Wildman–Crippen MR) is 138 cm³/mol. The third-order valence-corrected chi connectivity index (χ3v) is 7.56. The molecule has 8 heteroatoms. The van der Waals surface area contributed by atoms with Crippen molar-refractivity contribution in [2.24, 2.45) is 0 Å². The number of aromatic nitrogens is 4. The highest BCUT2D eigenvalue weighted by atomic mass is 79.9. The number of rotatable bonds is 4. The predicted octanol–water partition coefficient (Wildman–Crippen LogP) is 4.95. The van der Waals surface area contributed by atoms with Crippen LogP contribution in [0.15, 0.2) is 53.3 Å². The van der Waals surface area contributed by atoms with Crippen LogP contribution in [0.4, 0.5) is 5.82 Å². The summed E-state index contributed by atoms with van der Waals surface area (Å²) in [6, 6.07) is 4.23. The fourth-order valence-electron chi connectivity index (χ4n) is 4.89. The van der Waals surface area contributed by atoms with E-state index < -0.39 is 0 Å². The average Bonchev–Trinajstić information content (AvgIpc) is 3.27. The fourth-order valence-corrected chi connectivity index (χ4v) is 5.82. The number of fused-ring (bicyclic) bond motifs is 1. The first-order valence-corrected chi connectivity index (χ1v) is 12.5. The zero-order chi connectivity index (χ0) is 23.8. The first-order valence-electron chi connectivity index (χ1n) is 11.7. The Hall–Kier alpha value is -3.00. The second kappa shape index (κ2) is 9.33. The monoisotopic (exact) mass is 520 g/mol. The minimum Gasteiger partial charge on any atom is -0.362 e. The van der Waals surface area contributed by atoms with Crippen LogP contribution in [0.25, 0.3) is 16.8 Å². The van der Waals surface area contributed by atoms with Gasteiger partial charge in [-0.15, -0.1) is 0 Å². The molecule has 0 N–H and O–H groups in total. The van der Waals surface area contributed by atoms with Gasteiger partial charge in [0.05, 0.1) is 16.4 Å². The molecule has 0 bridgehead atoms. The van der Waals surface area contributed by atoms with E-state index in [9.17, 15) is 4.79 Å². The van der Waals surface area contributed by atoms with E-state index in [4.69, 9.17) is 15.1 Å². The van der Waals surface area contributed by atoms with Gasteiger partial charge >= 0.3 is 0 Å². The molecule has 1 unspecified atom stereocenters. The molecule has 1 aliphatic heterocycles. The summed E-state index contributed by atoms with van der Waals surface area (Å²) >= 11 is 3.83. The minimum absolute atomic E-state index is 0.142. The molecule has 7 nitrogen and oxygen atoms in total. The van der Waals surface area contributed by atoms with Gasteiger partial charge in [0.25, 0.3) is 0 Å². The van der Waals surface area contributed by atoms with Gasteiger partial charge in [-0.3, -0.25) is 9.78 Å². The van der Waals surface area contributed by atoms with Crippen molar-refractivity contribution in [2.45, 2.75) is 38.0 Å². The highest BCUT2D eigenvalue weighted by molar-refractivity contribution is 9.10. The molecule has 1 fully saturated rings. The van der Waals surface area contributed by atoms with Crippen LogP contribution in [0.3, 0.4) is 0 Å². The van der Waals surface area contributed by atoms with E-state index in [1.54, 1.807) is 6.92 Å². The van der Waals surface area contributed by atoms with Gasteiger partial charge in [0.2, 0.25) is 5.91 Å². The molecule has 5 rings (SSSR count). The normalized spacial score (nSPS) is 18.6. The SMILES string of the molecule is CC(=O)N1CCC(c2nc3c(-c4ccc(C5C=CC=CC5)nc4)cnn3c(N(C)C)c2Br)CC1. The van der Waals surface area contributed by atoms with Gasteiger partial charge in [0.1, 0.15) is 5.82 Å². The Labute approximate surface area is 208 Å². The third-order valence-electron chi connectivity index (χ3n) is 6.80. The van der Waals surface area contributed by atoms with Crippen molar-refractivity contribution in [1.82, 2.24) is 24.5 Å². The van der Waals surface area contributed by atoms with Crippen LogP contribution in [0.5, 0.6) is 0 Å². The maximum atomic E-state index is 11.8. The van der Waals surface area contributed by atoms with Crippen LogP contribution in [0, 0.1) is 0 Å². The molecular weight excluding hydrogens is 492 g/mol. The van der Waals surface area contributed by atoms with E-state index in [-0.39, 0.29) is 11.8 Å². The number of hydrogen-bond acceptors (Lipinski definition) is 5. The zero-order valence-electron chi connectivity index (χ0n) is 19.8. The number of likely N-dealkylation sites (tertiary alicyclic amines) is 1. The molecule has 0 spiro atoms. The number of amides is 1. The summed E-state index contributed by atoms with van der Waals surface area (Å²) < 4.78 is 2.86. The molecule has 0 aromatic carbocycles. The molecule has 1 aliphatic carbocycles. The Morgan fingerprint density at radius 3 is 2.56 bits per heavy atom. The lowest BCUT2D eigenvalue weighted by atomic mass is 9.93. The average molecular weight is 521 g/mol. The number of allylic oxidation sites excluding steroid dienone is 4. The van der Waals surface area contributed by atoms with Crippen molar-refractivity contribution in [1.29, 1.82) is 0 Å². The molecule has 1 saturated heterocycles. The van der Waals surface area contributed by atoms with Gasteiger partial charge in [-0.2, -0.15) is 9.61 Å². The molecule has 3 aromatic heterocycles. The number of piperidine rings is 1.